The first-order chi connectivity index (χ1) is 11.3. The predicted octanol–water partition coefficient (Wildman–Crippen LogP) is 1.26. The SMILES string of the molecule is O=C(Cc1cccc(CC(F)(F)F)c1)N1CCn2c(n[nH]c2=O)C1. The molecule has 2 aromatic rings. The van der Waals surface area contributed by atoms with Crippen molar-refractivity contribution in [2.75, 3.05) is 6.54 Å². The summed E-state index contributed by atoms with van der Waals surface area (Å²) in [5.74, 6) is 0.270. The Kier molecular flexibility index (Phi) is 4.16. The summed E-state index contributed by atoms with van der Waals surface area (Å²) >= 11 is 0. The number of halogens is 3. The van der Waals surface area contributed by atoms with Crippen LogP contribution in [0, 0.1) is 0 Å². The second-order valence-electron chi connectivity index (χ2n) is 5.70. The minimum Gasteiger partial charge on any atom is -0.333 e. The summed E-state index contributed by atoms with van der Waals surface area (Å²) in [7, 11) is 0. The molecule has 0 saturated heterocycles. The molecule has 1 amide bonds. The van der Waals surface area contributed by atoms with Crippen molar-refractivity contribution in [1.82, 2.24) is 19.7 Å². The van der Waals surface area contributed by atoms with Crippen molar-refractivity contribution in [3.05, 3.63) is 51.7 Å². The molecule has 1 N–H and O–H groups in total. The van der Waals surface area contributed by atoms with Gasteiger partial charge in [-0.15, -0.1) is 0 Å². The standard InChI is InChI=1S/C15H15F3N4O2/c16-15(17,18)8-11-3-1-2-10(6-11)7-13(23)21-4-5-22-12(9-21)19-20-14(22)24/h1-3,6H,4-5,7-9H2,(H,20,24). The van der Waals surface area contributed by atoms with Crippen LogP contribution in [0.1, 0.15) is 17.0 Å². The number of H-pyrrole nitrogens is 1. The van der Waals surface area contributed by atoms with Crippen molar-refractivity contribution in [2.45, 2.75) is 32.1 Å². The van der Waals surface area contributed by atoms with Crippen molar-refractivity contribution in [2.24, 2.45) is 0 Å². The summed E-state index contributed by atoms with van der Waals surface area (Å²) in [6, 6.07) is 5.95. The lowest BCUT2D eigenvalue weighted by molar-refractivity contribution is -0.132. The molecule has 128 valence electrons. The van der Waals surface area contributed by atoms with Gasteiger partial charge in [0.15, 0.2) is 5.82 Å². The number of aromatic amines is 1. The highest BCUT2D eigenvalue weighted by atomic mass is 19.4. The first-order valence-electron chi connectivity index (χ1n) is 7.38. The summed E-state index contributed by atoms with van der Waals surface area (Å²) in [6.45, 7) is 0.928. The Morgan fingerprint density at radius 2 is 2.00 bits per heavy atom. The maximum absolute atomic E-state index is 12.5. The number of hydrogen-bond acceptors (Lipinski definition) is 3. The van der Waals surface area contributed by atoms with E-state index in [9.17, 15) is 22.8 Å². The Hall–Kier alpha value is -2.58. The second-order valence-corrected chi connectivity index (χ2v) is 5.70. The van der Waals surface area contributed by atoms with Crippen molar-refractivity contribution >= 4 is 5.91 Å². The zero-order valence-corrected chi connectivity index (χ0v) is 12.6. The van der Waals surface area contributed by atoms with Crippen LogP contribution in [0.5, 0.6) is 0 Å². The number of amides is 1. The first kappa shape index (κ1) is 16.3. The van der Waals surface area contributed by atoms with Crippen LogP contribution in [0.2, 0.25) is 0 Å². The van der Waals surface area contributed by atoms with E-state index in [4.69, 9.17) is 0 Å². The molecule has 0 bridgehead atoms. The van der Waals surface area contributed by atoms with Crippen molar-refractivity contribution < 1.29 is 18.0 Å². The van der Waals surface area contributed by atoms with E-state index in [1.807, 2.05) is 0 Å². The van der Waals surface area contributed by atoms with Gasteiger partial charge in [-0.05, 0) is 11.1 Å². The number of fused-ring (bicyclic) bond motifs is 1. The van der Waals surface area contributed by atoms with Gasteiger partial charge < -0.3 is 4.90 Å². The molecule has 0 saturated carbocycles. The number of rotatable bonds is 3. The minimum absolute atomic E-state index is 0.0142. The molecule has 3 rings (SSSR count). The van der Waals surface area contributed by atoms with Gasteiger partial charge in [0.2, 0.25) is 5.91 Å². The van der Waals surface area contributed by atoms with Crippen LogP contribution >= 0.6 is 0 Å². The minimum atomic E-state index is -4.28. The number of benzene rings is 1. The van der Waals surface area contributed by atoms with Crippen molar-refractivity contribution in [1.29, 1.82) is 0 Å². The number of hydrogen-bond donors (Lipinski definition) is 1. The topological polar surface area (TPSA) is 71.0 Å². The predicted molar refractivity (Wildman–Crippen MR) is 78.2 cm³/mol. The molecule has 0 unspecified atom stereocenters. The molecule has 1 aliphatic heterocycles. The van der Waals surface area contributed by atoms with E-state index in [-0.39, 0.29) is 30.1 Å². The zero-order chi connectivity index (χ0) is 17.3. The monoisotopic (exact) mass is 340 g/mol. The second kappa shape index (κ2) is 6.14. The zero-order valence-electron chi connectivity index (χ0n) is 12.6. The summed E-state index contributed by atoms with van der Waals surface area (Å²) in [6.07, 6.45) is -5.28. The molecule has 1 aromatic carbocycles. The van der Waals surface area contributed by atoms with Gasteiger partial charge in [-0.2, -0.15) is 18.3 Å². The molecule has 0 fully saturated rings. The summed E-state index contributed by atoms with van der Waals surface area (Å²) in [5.41, 5.74) is 0.358. The number of alkyl halides is 3. The Morgan fingerprint density at radius 1 is 1.25 bits per heavy atom. The number of carbonyl (C=O) groups is 1. The lowest BCUT2D eigenvalue weighted by Gasteiger charge is -2.26. The van der Waals surface area contributed by atoms with E-state index in [1.54, 1.807) is 11.0 Å². The fraction of sp³-hybridized carbons (Fsp3) is 0.400. The van der Waals surface area contributed by atoms with Crippen molar-refractivity contribution in [3.63, 3.8) is 0 Å². The van der Waals surface area contributed by atoms with Crippen LogP contribution in [-0.4, -0.2) is 38.3 Å². The Morgan fingerprint density at radius 3 is 2.75 bits per heavy atom. The lowest BCUT2D eigenvalue weighted by atomic mass is 10.0. The molecule has 1 aliphatic rings. The van der Waals surface area contributed by atoms with Gasteiger partial charge in [-0.1, -0.05) is 24.3 Å². The normalized spacial score (nSPS) is 14.5. The molecular weight excluding hydrogens is 325 g/mol. The average Bonchev–Trinajstić information content (AvgIpc) is 2.87. The number of nitrogens with zero attached hydrogens (tertiary/aromatic N) is 3. The quantitative estimate of drug-likeness (QED) is 0.914. The van der Waals surface area contributed by atoms with E-state index in [0.29, 0.717) is 24.5 Å². The van der Waals surface area contributed by atoms with Crippen LogP contribution in [0.4, 0.5) is 13.2 Å². The van der Waals surface area contributed by atoms with Gasteiger partial charge in [0.05, 0.1) is 19.4 Å². The Balaban J connectivity index is 1.67. The summed E-state index contributed by atoms with van der Waals surface area (Å²) < 4.78 is 38.8. The van der Waals surface area contributed by atoms with E-state index in [1.165, 1.54) is 22.8 Å². The van der Waals surface area contributed by atoms with E-state index in [2.05, 4.69) is 10.2 Å². The summed E-state index contributed by atoms with van der Waals surface area (Å²) in [4.78, 5) is 25.3. The van der Waals surface area contributed by atoms with Gasteiger partial charge in [-0.3, -0.25) is 9.36 Å². The summed E-state index contributed by atoms with van der Waals surface area (Å²) in [5, 5.41) is 6.19. The molecule has 2 heterocycles. The molecule has 6 nitrogen and oxygen atoms in total. The van der Waals surface area contributed by atoms with Crippen molar-refractivity contribution in [3.8, 4) is 0 Å². The highest BCUT2D eigenvalue weighted by Gasteiger charge is 2.28. The largest absolute Gasteiger partial charge is 0.393 e. The molecule has 0 aliphatic carbocycles. The number of nitrogens with one attached hydrogen (secondary N) is 1. The van der Waals surface area contributed by atoms with E-state index in [0.717, 1.165) is 0 Å². The number of aromatic nitrogens is 3. The van der Waals surface area contributed by atoms with E-state index >= 15 is 0 Å². The Labute approximate surface area is 134 Å². The van der Waals surface area contributed by atoms with Crippen LogP contribution in [-0.2, 0) is 30.7 Å². The molecular formula is C15H15F3N4O2. The maximum Gasteiger partial charge on any atom is 0.393 e. The first-order valence-corrected chi connectivity index (χ1v) is 7.38. The maximum atomic E-state index is 12.5. The molecule has 1 aromatic heterocycles. The Bertz CT molecular complexity index is 810. The third-order valence-corrected chi connectivity index (χ3v) is 3.87. The van der Waals surface area contributed by atoms with Gasteiger partial charge in [0.25, 0.3) is 0 Å². The van der Waals surface area contributed by atoms with Gasteiger partial charge >= 0.3 is 11.9 Å². The van der Waals surface area contributed by atoms with Gasteiger partial charge in [-0.25, -0.2) is 9.89 Å². The van der Waals surface area contributed by atoms with Crippen LogP contribution in [0.15, 0.2) is 29.1 Å². The van der Waals surface area contributed by atoms with E-state index < -0.39 is 12.6 Å². The highest BCUT2D eigenvalue weighted by molar-refractivity contribution is 5.78. The molecule has 0 spiro atoms. The fourth-order valence-electron chi connectivity index (χ4n) is 2.75. The molecule has 0 radical (unpaired) electrons. The lowest BCUT2D eigenvalue weighted by Crippen LogP contribution is -2.41. The van der Waals surface area contributed by atoms with Crippen LogP contribution in [0.25, 0.3) is 0 Å². The van der Waals surface area contributed by atoms with Crippen LogP contribution < -0.4 is 5.69 Å². The molecule has 24 heavy (non-hydrogen) atoms. The van der Waals surface area contributed by atoms with Gasteiger partial charge in [0.1, 0.15) is 0 Å². The van der Waals surface area contributed by atoms with Gasteiger partial charge in [0, 0.05) is 13.1 Å². The highest BCUT2D eigenvalue weighted by Crippen LogP contribution is 2.22. The smallest absolute Gasteiger partial charge is 0.333 e. The third kappa shape index (κ3) is 3.66. The molecule has 0 atom stereocenters. The average molecular weight is 340 g/mol. The van der Waals surface area contributed by atoms with Crippen LogP contribution in [0.3, 0.4) is 0 Å². The fourth-order valence-corrected chi connectivity index (χ4v) is 2.75. The number of carbonyl (C=O) groups excluding carboxylic acids is 1. The third-order valence-electron chi connectivity index (χ3n) is 3.87. The molecule has 9 heteroatoms.